The minimum Gasteiger partial charge on any atom is -0.476 e. The standard InChI is InChI=1S/C10H12N2O3/c1-4-5-12(7(2)3)10-11-8(6-15-10)9(13)14/h1,6-7H,5H2,2-3H3,(H,13,14). The number of oxazole rings is 1. The second-order valence-electron chi connectivity index (χ2n) is 3.25. The van der Waals surface area contributed by atoms with E-state index in [9.17, 15) is 4.79 Å². The van der Waals surface area contributed by atoms with Crippen LogP contribution < -0.4 is 4.90 Å². The van der Waals surface area contributed by atoms with Crippen molar-refractivity contribution in [2.24, 2.45) is 0 Å². The zero-order valence-corrected chi connectivity index (χ0v) is 8.60. The first-order valence-corrected chi connectivity index (χ1v) is 4.45. The highest BCUT2D eigenvalue weighted by atomic mass is 16.4. The molecule has 0 aliphatic heterocycles. The molecule has 0 bridgehead atoms. The van der Waals surface area contributed by atoms with E-state index >= 15 is 0 Å². The van der Waals surface area contributed by atoms with E-state index in [4.69, 9.17) is 15.9 Å². The number of hydrogen-bond donors (Lipinski definition) is 1. The van der Waals surface area contributed by atoms with Gasteiger partial charge < -0.3 is 14.4 Å². The summed E-state index contributed by atoms with van der Waals surface area (Å²) in [5.74, 6) is 1.35. The Balaban J connectivity index is 2.92. The highest BCUT2D eigenvalue weighted by Crippen LogP contribution is 2.15. The molecule has 0 spiro atoms. The number of carboxylic acids is 1. The molecule has 15 heavy (non-hydrogen) atoms. The summed E-state index contributed by atoms with van der Waals surface area (Å²) in [4.78, 5) is 16.1. The van der Waals surface area contributed by atoms with Gasteiger partial charge in [0.1, 0.15) is 6.26 Å². The first-order chi connectivity index (χ1) is 7.06. The number of aromatic carboxylic acids is 1. The fourth-order valence-electron chi connectivity index (χ4n) is 1.06. The van der Waals surface area contributed by atoms with Crippen molar-refractivity contribution in [3.8, 4) is 12.3 Å². The van der Waals surface area contributed by atoms with Gasteiger partial charge in [0.15, 0.2) is 5.69 Å². The van der Waals surface area contributed by atoms with Crippen molar-refractivity contribution in [2.45, 2.75) is 19.9 Å². The van der Waals surface area contributed by atoms with Gasteiger partial charge in [-0.2, -0.15) is 4.98 Å². The number of carboxylic acid groups (broad SMARTS) is 1. The van der Waals surface area contributed by atoms with Crippen LogP contribution in [0.2, 0.25) is 0 Å². The predicted octanol–water partition coefficient (Wildman–Crippen LogP) is 1.22. The van der Waals surface area contributed by atoms with Crippen LogP contribution in [0.4, 0.5) is 6.01 Å². The third kappa shape index (κ3) is 2.50. The monoisotopic (exact) mass is 208 g/mol. The van der Waals surface area contributed by atoms with Crippen LogP contribution in [0.5, 0.6) is 0 Å². The summed E-state index contributed by atoms with van der Waals surface area (Å²) in [7, 11) is 0. The lowest BCUT2D eigenvalue weighted by molar-refractivity contribution is 0.0690. The molecule has 0 atom stereocenters. The molecule has 0 aliphatic carbocycles. The van der Waals surface area contributed by atoms with Crippen LogP contribution in [0, 0.1) is 12.3 Å². The quantitative estimate of drug-likeness (QED) is 0.753. The molecule has 0 aliphatic rings. The molecular weight excluding hydrogens is 196 g/mol. The van der Waals surface area contributed by atoms with Crippen molar-refractivity contribution in [3.05, 3.63) is 12.0 Å². The number of carbonyl (C=O) groups is 1. The summed E-state index contributed by atoms with van der Waals surface area (Å²) in [5, 5.41) is 8.67. The molecule has 0 radical (unpaired) electrons. The third-order valence-corrected chi connectivity index (χ3v) is 1.84. The fourth-order valence-corrected chi connectivity index (χ4v) is 1.06. The number of nitrogens with zero attached hydrogens (tertiary/aromatic N) is 2. The largest absolute Gasteiger partial charge is 0.476 e. The van der Waals surface area contributed by atoms with Crippen molar-refractivity contribution < 1.29 is 14.3 Å². The van der Waals surface area contributed by atoms with E-state index < -0.39 is 5.97 Å². The Morgan fingerprint density at radius 3 is 2.87 bits per heavy atom. The number of anilines is 1. The van der Waals surface area contributed by atoms with Gasteiger partial charge in [0.25, 0.3) is 6.01 Å². The molecule has 80 valence electrons. The van der Waals surface area contributed by atoms with Gasteiger partial charge in [-0.1, -0.05) is 5.92 Å². The molecule has 5 heteroatoms. The van der Waals surface area contributed by atoms with Crippen molar-refractivity contribution >= 4 is 12.0 Å². The Labute approximate surface area is 87.7 Å². The zero-order valence-electron chi connectivity index (χ0n) is 8.60. The molecule has 0 aromatic carbocycles. The SMILES string of the molecule is C#CCN(c1nc(C(=O)O)co1)C(C)C. The highest BCUT2D eigenvalue weighted by Gasteiger charge is 2.17. The summed E-state index contributed by atoms with van der Waals surface area (Å²) < 4.78 is 5.04. The number of rotatable bonds is 4. The molecule has 1 heterocycles. The van der Waals surface area contributed by atoms with Gasteiger partial charge in [-0.25, -0.2) is 4.79 Å². The van der Waals surface area contributed by atoms with E-state index in [1.54, 1.807) is 4.90 Å². The molecule has 1 aromatic heterocycles. The van der Waals surface area contributed by atoms with Crippen molar-refractivity contribution in [1.29, 1.82) is 0 Å². The van der Waals surface area contributed by atoms with E-state index in [2.05, 4.69) is 10.9 Å². The van der Waals surface area contributed by atoms with E-state index in [1.165, 1.54) is 0 Å². The van der Waals surface area contributed by atoms with Gasteiger partial charge in [-0.15, -0.1) is 6.42 Å². The number of aromatic nitrogens is 1. The van der Waals surface area contributed by atoms with Gasteiger partial charge in [0.05, 0.1) is 6.54 Å². The van der Waals surface area contributed by atoms with Crippen LogP contribution in [-0.2, 0) is 0 Å². The van der Waals surface area contributed by atoms with Gasteiger partial charge in [-0.3, -0.25) is 0 Å². The minimum atomic E-state index is -1.12. The van der Waals surface area contributed by atoms with Crippen LogP contribution >= 0.6 is 0 Å². The third-order valence-electron chi connectivity index (χ3n) is 1.84. The maximum Gasteiger partial charge on any atom is 0.357 e. The van der Waals surface area contributed by atoms with Crippen molar-refractivity contribution in [1.82, 2.24) is 4.98 Å². The number of terminal acetylenes is 1. The maximum absolute atomic E-state index is 10.6. The Hall–Kier alpha value is -1.96. The lowest BCUT2D eigenvalue weighted by atomic mass is 10.3. The Morgan fingerprint density at radius 2 is 2.47 bits per heavy atom. The fraction of sp³-hybridized carbons (Fsp3) is 0.400. The summed E-state index contributed by atoms with van der Waals surface area (Å²) in [5.41, 5.74) is -0.118. The maximum atomic E-state index is 10.6. The first kappa shape index (κ1) is 11.1. The van der Waals surface area contributed by atoms with E-state index in [0.29, 0.717) is 6.54 Å². The predicted molar refractivity (Wildman–Crippen MR) is 54.8 cm³/mol. The Bertz CT molecular complexity index is 390. The van der Waals surface area contributed by atoms with Crippen LogP contribution in [0.15, 0.2) is 10.7 Å². The minimum absolute atomic E-state index is 0.0985. The molecule has 5 nitrogen and oxygen atoms in total. The molecule has 0 unspecified atom stereocenters. The summed E-state index contributed by atoms with van der Waals surface area (Å²) >= 11 is 0. The normalized spacial score (nSPS) is 10.0. The molecule has 1 N–H and O–H groups in total. The Kier molecular flexibility index (Phi) is 3.34. The number of hydrogen-bond acceptors (Lipinski definition) is 4. The van der Waals surface area contributed by atoms with E-state index in [-0.39, 0.29) is 17.8 Å². The lowest BCUT2D eigenvalue weighted by Gasteiger charge is -2.21. The second-order valence-corrected chi connectivity index (χ2v) is 3.25. The summed E-state index contributed by atoms with van der Waals surface area (Å²) in [6.07, 6.45) is 6.29. The molecule has 0 saturated heterocycles. The summed E-state index contributed by atoms with van der Waals surface area (Å²) in [6.45, 7) is 4.17. The van der Waals surface area contributed by atoms with Crippen LogP contribution in [0.25, 0.3) is 0 Å². The molecule has 1 aromatic rings. The van der Waals surface area contributed by atoms with Crippen LogP contribution in [-0.4, -0.2) is 28.6 Å². The van der Waals surface area contributed by atoms with Gasteiger partial charge >= 0.3 is 5.97 Å². The molecule has 1 rings (SSSR count). The Morgan fingerprint density at radius 1 is 1.80 bits per heavy atom. The van der Waals surface area contributed by atoms with Crippen LogP contribution in [0.3, 0.4) is 0 Å². The molecule has 0 amide bonds. The average molecular weight is 208 g/mol. The average Bonchev–Trinajstić information content (AvgIpc) is 2.62. The zero-order chi connectivity index (χ0) is 11.4. The molecule has 0 saturated carbocycles. The van der Waals surface area contributed by atoms with Crippen molar-refractivity contribution in [2.75, 3.05) is 11.4 Å². The van der Waals surface area contributed by atoms with Crippen LogP contribution in [0.1, 0.15) is 24.3 Å². The van der Waals surface area contributed by atoms with Crippen molar-refractivity contribution in [3.63, 3.8) is 0 Å². The topological polar surface area (TPSA) is 66.6 Å². The lowest BCUT2D eigenvalue weighted by Crippen LogP contribution is -2.31. The van der Waals surface area contributed by atoms with E-state index in [0.717, 1.165) is 6.26 Å². The molecular formula is C10H12N2O3. The first-order valence-electron chi connectivity index (χ1n) is 4.45. The highest BCUT2D eigenvalue weighted by molar-refractivity contribution is 5.85. The summed E-state index contributed by atoms with van der Waals surface area (Å²) in [6, 6.07) is 0.335. The van der Waals surface area contributed by atoms with E-state index in [1.807, 2.05) is 13.8 Å². The molecule has 0 fully saturated rings. The van der Waals surface area contributed by atoms with Gasteiger partial charge in [0, 0.05) is 6.04 Å². The van der Waals surface area contributed by atoms with Gasteiger partial charge in [-0.05, 0) is 13.8 Å². The second kappa shape index (κ2) is 4.51. The smallest absolute Gasteiger partial charge is 0.357 e. The van der Waals surface area contributed by atoms with Gasteiger partial charge in [0.2, 0.25) is 0 Å².